The van der Waals surface area contributed by atoms with Gasteiger partial charge in [0.2, 0.25) is 0 Å². The highest BCUT2D eigenvalue weighted by molar-refractivity contribution is 5.85. The van der Waals surface area contributed by atoms with Crippen LogP contribution in [0, 0.1) is 11.8 Å². The van der Waals surface area contributed by atoms with Crippen molar-refractivity contribution < 1.29 is 0 Å². The van der Waals surface area contributed by atoms with E-state index < -0.39 is 0 Å². The molecule has 2 fully saturated rings. The molecule has 1 saturated heterocycles. The van der Waals surface area contributed by atoms with Gasteiger partial charge in [-0.15, -0.1) is 12.4 Å². The second-order valence-corrected chi connectivity index (χ2v) is 6.60. The fourth-order valence-electron chi connectivity index (χ4n) is 3.73. The largest absolute Gasteiger partial charge is 0.317 e. The predicted octanol–water partition coefficient (Wildman–Crippen LogP) is 3.70. The van der Waals surface area contributed by atoms with Crippen molar-refractivity contribution in [2.24, 2.45) is 11.8 Å². The van der Waals surface area contributed by atoms with Gasteiger partial charge in [-0.25, -0.2) is 0 Å². The minimum Gasteiger partial charge on any atom is -0.317 e. The van der Waals surface area contributed by atoms with Crippen LogP contribution in [0.2, 0.25) is 0 Å². The Morgan fingerprint density at radius 3 is 2.21 bits per heavy atom. The van der Waals surface area contributed by atoms with Crippen molar-refractivity contribution in [2.45, 2.75) is 64.8 Å². The van der Waals surface area contributed by atoms with Crippen LogP contribution in [0.15, 0.2) is 0 Å². The van der Waals surface area contributed by atoms with Gasteiger partial charge in [0, 0.05) is 12.6 Å². The third-order valence-electron chi connectivity index (χ3n) is 4.96. The molecule has 0 aromatic heterocycles. The Labute approximate surface area is 126 Å². The van der Waals surface area contributed by atoms with E-state index in [0.717, 1.165) is 17.9 Å². The van der Waals surface area contributed by atoms with Crippen molar-refractivity contribution in [1.82, 2.24) is 10.2 Å². The van der Waals surface area contributed by atoms with Crippen LogP contribution in [0.4, 0.5) is 0 Å². The van der Waals surface area contributed by atoms with E-state index >= 15 is 0 Å². The summed E-state index contributed by atoms with van der Waals surface area (Å²) in [4.78, 5) is 2.82. The first-order valence-corrected chi connectivity index (χ1v) is 8.24. The predicted molar refractivity (Wildman–Crippen MR) is 86.1 cm³/mol. The topological polar surface area (TPSA) is 15.3 Å². The molecular formula is C16H33ClN2. The molecule has 0 spiro atoms. The van der Waals surface area contributed by atoms with Gasteiger partial charge in [-0.3, -0.25) is 0 Å². The van der Waals surface area contributed by atoms with Crippen LogP contribution >= 0.6 is 12.4 Å². The zero-order chi connectivity index (χ0) is 12.8. The van der Waals surface area contributed by atoms with Crippen molar-refractivity contribution in [3.05, 3.63) is 0 Å². The van der Waals surface area contributed by atoms with Crippen molar-refractivity contribution >= 4 is 12.4 Å². The summed E-state index contributed by atoms with van der Waals surface area (Å²) in [6.45, 7) is 9.91. The Morgan fingerprint density at radius 2 is 1.63 bits per heavy atom. The number of hydrogen-bond donors (Lipinski definition) is 1. The average Bonchev–Trinajstić information content (AvgIpc) is 2.42. The Hall–Kier alpha value is 0.210. The number of piperidine rings is 1. The lowest BCUT2D eigenvalue weighted by atomic mass is 9.82. The van der Waals surface area contributed by atoms with E-state index in [4.69, 9.17) is 0 Å². The SMILES string of the molecule is CCCN(CC1CCC(C)CC1)C1CCNCC1.Cl. The molecule has 1 heterocycles. The third kappa shape index (κ3) is 5.61. The first kappa shape index (κ1) is 17.3. The number of halogens is 1. The lowest BCUT2D eigenvalue weighted by molar-refractivity contribution is 0.119. The highest BCUT2D eigenvalue weighted by Crippen LogP contribution is 2.29. The van der Waals surface area contributed by atoms with E-state index in [1.54, 1.807) is 0 Å². The molecule has 2 aliphatic rings. The van der Waals surface area contributed by atoms with Crippen LogP contribution < -0.4 is 5.32 Å². The minimum absolute atomic E-state index is 0. The van der Waals surface area contributed by atoms with Gasteiger partial charge in [-0.05, 0) is 63.6 Å². The summed E-state index contributed by atoms with van der Waals surface area (Å²) in [5, 5.41) is 3.49. The smallest absolute Gasteiger partial charge is 0.0119 e. The molecule has 114 valence electrons. The van der Waals surface area contributed by atoms with Gasteiger partial charge in [0.05, 0.1) is 0 Å². The molecule has 1 aliphatic carbocycles. The summed E-state index contributed by atoms with van der Waals surface area (Å²) < 4.78 is 0. The van der Waals surface area contributed by atoms with Gasteiger partial charge >= 0.3 is 0 Å². The molecule has 1 N–H and O–H groups in total. The van der Waals surface area contributed by atoms with E-state index in [1.807, 2.05) is 0 Å². The Bertz CT molecular complexity index is 221. The van der Waals surface area contributed by atoms with Gasteiger partial charge < -0.3 is 10.2 Å². The standard InChI is InChI=1S/C16H32N2.ClH/c1-3-12-18(16-8-10-17-11-9-16)13-15-6-4-14(2)5-7-15;/h14-17H,3-13H2,1-2H3;1H. The fourth-order valence-corrected chi connectivity index (χ4v) is 3.73. The van der Waals surface area contributed by atoms with Crippen molar-refractivity contribution in [3.8, 4) is 0 Å². The number of nitrogens with zero attached hydrogens (tertiary/aromatic N) is 1. The Balaban J connectivity index is 0.00000180. The van der Waals surface area contributed by atoms with E-state index in [1.165, 1.54) is 71.1 Å². The number of rotatable bonds is 5. The molecule has 2 rings (SSSR count). The first-order valence-electron chi connectivity index (χ1n) is 8.24. The molecule has 0 atom stereocenters. The molecular weight excluding hydrogens is 256 g/mol. The molecule has 2 nitrogen and oxygen atoms in total. The molecule has 0 amide bonds. The molecule has 0 unspecified atom stereocenters. The maximum atomic E-state index is 3.49. The van der Waals surface area contributed by atoms with E-state index in [0.29, 0.717) is 0 Å². The third-order valence-corrected chi connectivity index (χ3v) is 4.96. The Morgan fingerprint density at radius 1 is 1.00 bits per heavy atom. The van der Waals surface area contributed by atoms with Crippen LogP contribution in [0.5, 0.6) is 0 Å². The lowest BCUT2D eigenvalue weighted by Crippen LogP contribution is -2.45. The molecule has 1 aliphatic heterocycles. The number of hydrogen-bond acceptors (Lipinski definition) is 2. The summed E-state index contributed by atoms with van der Waals surface area (Å²) in [6.07, 6.45) is 9.94. The van der Waals surface area contributed by atoms with Crippen LogP contribution in [0.1, 0.15) is 58.8 Å². The van der Waals surface area contributed by atoms with Crippen LogP contribution in [-0.4, -0.2) is 37.1 Å². The minimum atomic E-state index is 0. The Kier molecular flexibility index (Phi) is 8.36. The molecule has 19 heavy (non-hydrogen) atoms. The lowest BCUT2D eigenvalue weighted by Gasteiger charge is -2.38. The molecule has 0 aromatic carbocycles. The average molecular weight is 289 g/mol. The van der Waals surface area contributed by atoms with E-state index in [9.17, 15) is 0 Å². The summed E-state index contributed by atoms with van der Waals surface area (Å²) in [7, 11) is 0. The van der Waals surface area contributed by atoms with Gasteiger partial charge in [-0.1, -0.05) is 26.7 Å². The zero-order valence-corrected chi connectivity index (χ0v) is 13.7. The second kappa shape index (κ2) is 9.20. The monoisotopic (exact) mass is 288 g/mol. The summed E-state index contributed by atoms with van der Waals surface area (Å²) in [6, 6.07) is 0.866. The highest BCUT2D eigenvalue weighted by atomic mass is 35.5. The van der Waals surface area contributed by atoms with Crippen molar-refractivity contribution in [3.63, 3.8) is 0 Å². The molecule has 0 aromatic rings. The molecule has 3 heteroatoms. The maximum Gasteiger partial charge on any atom is 0.0119 e. The summed E-state index contributed by atoms with van der Waals surface area (Å²) in [5.74, 6) is 1.97. The van der Waals surface area contributed by atoms with E-state index in [2.05, 4.69) is 24.1 Å². The quantitative estimate of drug-likeness (QED) is 0.830. The van der Waals surface area contributed by atoms with Crippen LogP contribution in [0.3, 0.4) is 0 Å². The van der Waals surface area contributed by atoms with Crippen molar-refractivity contribution in [2.75, 3.05) is 26.2 Å². The fraction of sp³-hybridized carbons (Fsp3) is 1.00. The molecule has 0 bridgehead atoms. The van der Waals surface area contributed by atoms with Gasteiger partial charge in [0.25, 0.3) is 0 Å². The number of nitrogens with one attached hydrogen (secondary N) is 1. The highest BCUT2D eigenvalue weighted by Gasteiger charge is 2.25. The van der Waals surface area contributed by atoms with Crippen LogP contribution in [0.25, 0.3) is 0 Å². The zero-order valence-electron chi connectivity index (χ0n) is 12.9. The second-order valence-electron chi connectivity index (χ2n) is 6.60. The maximum absolute atomic E-state index is 3.49. The van der Waals surface area contributed by atoms with E-state index in [-0.39, 0.29) is 12.4 Å². The van der Waals surface area contributed by atoms with Gasteiger partial charge in [0.1, 0.15) is 0 Å². The van der Waals surface area contributed by atoms with Crippen molar-refractivity contribution in [1.29, 1.82) is 0 Å². The molecule has 1 saturated carbocycles. The summed E-state index contributed by atoms with van der Waals surface area (Å²) >= 11 is 0. The molecule has 0 radical (unpaired) electrons. The van der Waals surface area contributed by atoms with Gasteiger partial charge in [0.15, 0.2) is 0 Å². The summed E-state index contributed by atoms with van der Waals surface area (Å²) in [5.41, 5.74) is 0. The van der Waals surface area contributed by atoms with Crippen LogP contribution in [-0.2, 0) is 0 Å². The first-order chi connectivity index (χ1) is 8.79. The normalized spacial score (nSPS) is 29.2. The van der Waals surface area contributed by atoms with Gasteiger partial charge in [-0.2, -0.15) is 0 Å².